The molecule has 0 spiro atoms. The maximum Gasteiger partial charge on any atom is 0.255 e. The van der Waals surface area contributed by atoms with Crippen LogP contribution in [0, 0.1) is 0 Å². The van der Waals surface area contributed by atoms with Gasteiger partial charge >= 0.3 is 0 Å². The molecular weight excluding hydrogens is 242 g/mol. The number of nitrogens with two attached hydrogens (primary N) is 1. The SMILES string of the molecule is CCOCCN(C)c1cc(N)ccc1C(=O)N(C)C. The van der Waals surface area contributed by atoms with E-state index in [0.29, 0.717) is 31.0 Å². The third-order valence-electron chi connectivity index (χ3n) is 2.84. The maximum absolute atomic E-state index is 12.1. The Morgan fingerprint density at radius 3 is 2.58 bits per heavy atom. The minimum atomic E-state index is -0.0294. The lowest BCUT2D eigenvalue weighted by molar-refractivity contribution is 0.0828. The van der Waals surface area contributed by atoms with Crippen molar-refractivity contribution in [3.05, 3.63) is 23.8 Å². The van der Waals surface area contributed by atoms with Gasteiger partial charge in [-0.05, 0) is 25.1 Å². The van der Waals surface area contributed by atoms with E-state index in [0.717, 1.165) is 5.69 Å². The summed E-state index contributed by atoms with van der Waals surface area (Å²) in [5.41, 5.74) is 7.94. The fourth-order valence-corrected chi connectivity index (χ4v) is 1.75. The Hall–Kier alpha value is -1.75. The molecule has 0 heterocycles. The van der Waals surface area contributed by atoms with Crippen LogP contribution in [0.25, 0.3) is 0 Å². The molecule has 0 atom stereocenters. The number of nitrogens with zero attached hydrogens (tertiary/aromatic N) is 2. The van der Waals surface area contributed by atoms with Crippen molar-refractivity contribution < 1.29 is 9.53 Å². The Kier molecular flexibility index (Phi) is 5.63. The average Bonchev–Trinajstić information content (AvgIpc) is 2.37. The normalized spacial score (nSPS) is 10.3. The van der Waals surface area contributed by atoms with Gasteiger partial charge in [0.2, 0.25) is 0 Å². The van der Waals surface area contributed by atoms with Crippen molar-refractivity contribution in [1.29, 1.82) is 0 Å². The largest absolute Gasteiger partial charge is 0.399 e. The third kappa shape index (κ3) is 4.13. The fourth-order valence-electron chi connectivity index (χ4n) is 1.75. The first-order chi connectivity index (χ1) is 8.97. The molecule has 0 unspecified atom stereocenters. The van der Waals surface area contributed by atoms with Crippen molar-refractivity contribution in [1.82, 2.24) is 4.90 Å². The summed E-state index contributed by atoms with van der Waals surface area (Å²) in [6.45, 7) is 3.98. The summed E-state index contributed by atoms with van der Waals surface area (Å²) in [6, 6.07) is 5.34. The van der Waals surface area contributed by atoms with Crippen LogP contribution in [0.1, 0.15) is 17.3 Å². The highest BCUT2D eigenvalue weighted by Gasteiger charge is 2.16. The molecule has 106 valence electrons. The number of carbonyl (C=O) groups is 1. The molecule has 0 saturated heterocycles. The van der Waals surface area contributed by atoms with Crippen LogP contribution in [-0.4, -0.2) is 51.7 Å². The van der Waals surface area contributed by atoms with Gasteiger partial charge in [-0.2, -0.15) is 0 Å². The van der Waals surface area contributed by atoms with E-state index in [1.54, 1.807) is 31.1 Å². The molecular formula is C14H23N3O2. The van der Waals surface area contributed by atoms with Gasteiger partial charge in [0.05, 0.1) is 17.9 Å². The lowest BCUT2D eigenvalue weighted by Crippen LogP contribution is -2.28. The molecule has 1 rings (SSSR count). The van der Waals surface area contributed by atoms with Crippen molar-refractivity contribution in [2.75, 3.05) is 51.5 Å². The van der Waals surface area contributed by atoms with Gasteiger partial charge in [-0.15, -0.1) is 0 Å². The number of rotatable bonds is 6. The second-order valence-electron chi connectivity index (χ2n) is 4.59. The number of ether oxygens (including phenoxy) is 1. The molecule has 0 saturated carbocycles. The van der Waals surface area contributed by atoms with Gasteiger partial charge in [0, 0.05) is 40.0 Å². The molecule has 1 aromatic rings. The minimum absolute atomic E-state index is 0.0294. The van der Waals surface area contributed by atoms with Crippen molar-refractivity contribution in [2.45, 2.75) is 6.92 Å². The Morgan fingerprint density at radius 1 is 1.32 bits per heavy atom. The first kappa shape index (κ1) is 15.3. The molecule has 0 aliphatic rings. The molecule has 0 aliphatic heterocycles. The fraction of sp³-hybridized carbons (Fsp3) is 0.500. The standard InChI is InChI=1S/C14H23N3O2/c1-5-19-9-8-17(4)13-10-11(15)6-7-12(13)14(18)16(2)3/h6-7,10H,5,8-9,15H2,1-4H3. The van der Waals surface area contributed by atoms with E-state index in [9.17, 15) is 4.79 Å². The van der Waals surface area contributed by atoms with Gasteiger partial charge < -0.3 is 20.3 Å². The summed E-state index contributed by atoms with van der Waals surface area (Å²) in [6.07, 6.45) is 0. The van der Waals surface area contributed by atoms with Crippen LogP contribution in [0.3, 0.4) is 0 Å². The topological polar surface area (TPSA) is 58.8 Å². The monoisotopic (exact) mass is 265 g/mol. The molecule has 19 heavy (non-hydrogen) atoms. The van der Waals surface area contributed by atoms with Gasteiger partial charge in [-0.1, -0.05) is 0 Å². The lowest BCUT2D eigenvalue weighted by atomic mass is 10.1. The predicted octanol–water partition coefficient (Wildman–Crippen LogP) is 1.44. The number of carbonyl (C=O) groups excluding carboxylic acids is 1. The average molecular weight is 265 g/mol. The zero-order valence-electron chi connectivity index (χ0n) is 12.1. The first-order valence-corrected chi connectivity index (χ1v) is 6.37. The van der Waals surface area contributed by atoms with E-state index in [-0.39, 0.29) is 5.91 Å². The summed E-state index contributed by atoms with van der Waals surface area (Å²) in [5, 5.41) is 0. The van der Waals surface area contributed by atoms with E-state index in [2.05, 4.69) is 0 Å². The number of benzene rings is 1. The van der Waals surface area contributed by atoms with E-state index in [1.807, 2.05) is 24.9 Å². The van der Waals surface area contributed by atoms with Crippen LogP contribution in [-0.2, 0) is 4.74 Å². The van der Waals surface area contributed by atoms with Crippen LogP contribution in [0.2, 0.25) is 0 Å². The van der Waals surface area contributed by atoms with Gasteiger partial charge in [-0.3, -0.25) is 4.79 Å². The van der Waals surface area contributed by atoms with Crippen molar-refractivity contribution in [3.63, 3.8) is 0 Å². The van der Waals surface area contributed by atoms with E-state index < -0.39 is 0 Å². The smallest absolute Gasteiger partial charge is 0.255 e. The van der Waals surface area contributed by atoms with Crippen LogP contribution < -0.4 is 10.6 Å². The summed E-state index contributed by atoms with van der Waals surface area (Å²) in [4.78, 5) is 15.7. The highest BCUT2D eigenvalue weighted by atomic mass is 16.5. The maximum atomic E-state index is 12.1. The zero-order chi connectivity index (χ0) is 14.4. The second kappa shape index (κ2) is 6.99. The minimum Gasteiger partial charge on any atom is -0.399 e. The van der Waals surface area contributed by atoms with Crippen LogP contribution in [0.5, 0.6) is 0 Å². The second-order valence-corrected chi connectivity index (χ2v) is 4.59. The van der Waals surface area contributed by atoms with Gasteiger partial charge in [0.15, 0.2) is 0 Å². The van der Waals surface area contributed by atoms with Crippen molar-refractivity contribution in [2.24, 2.45) is 0 Å². The highest BCUT2D eigenvalue weighted by Crippen LogP contribution is 2.23. The van der Waals surface area contributed by atoms with Crippen LogP contribution in [0.4, 0.5) is 11.4 Å². The Morgan fingerprint density at radius 2 is 2.00 bits per heavy atom. The predicted molar refractivity (Wildman–Crippen MR) is 78.6 cm³/mol. The van der Waals surface area contributed by atoms with Crippen molar-refractivity contribution in [3.8, 4) is 0 Å². The molecule has 5 nitrogen and oxygen atoms in total. The van der Waals surface area contributed by atoms with E-state index in [4.69, 9.17) is 10.5 Å². The zero-order valence-corrected chi connectivity index (χ0v) is 12.1. The molecule has 1 aromatic carbocycles. The summed E-state index contributed by atoms with van der Waals surface area (Å²) >= 11 is 0. The number of hydrogen-bond donors (Lipinski definition) is 1. The van der Waals surface area contributed by atoms with E-state index >= 15 is 0 Å². The number of anilines is 2. The quantitative estimate of drug-likeness (QED) is 0.624. The summed E-state index contributed by atoms with van der Waals surface area (Å²) in [7, 11) is 5.41. The molecule has 0 aliphatic carbocycles. The molecule has 5 heteroatoms. The number of likely N-dealkylation sites (N-methyl/N-ethyl adjacent to an activating group) is 1. The highest BCUT2D eigenvalue weighted by molar-refractivity contribution is 6.00. The summed E-state index contributed by atoms with van der Waals surface area (Å²) in [5.74, 6) is -0.0294. The molecule has 0 aromatic heterocycles. The van der Waals surface area contributed by atoms with E-state index in [1.165, 1.54) is 0 Å². The third-order valence-corrected chi connectivity index (χ3v) is 2.84. The number of amides is 1. The Labute approximate surface area is 114 Å². The molecule has 0 fully saturated rings. The molecule has 2 N–H and O–H groups in total. The van der Waals surface area contributed by atoms with Gasteiger partial charge in [-0.25, -0.2) is 0 Å². The van der Waals surface area contributed by atoms with Crippen molar-refractivity contribution >= 4 is 17.3 Å². The van der Waals surface area contributed by atoms with Crippen LogP contribution in [0.15, 0.2) is 18.2 Å². The molecule has 1 amide bonds. The Balaban J connectivity index is 2.96. The number of nitrogen functional groups attached to an aromatic ring is 1. The lowest BCUT2D eigenvalue weighted by Gasteiger charge is -2.23. The molecule has 0 bridgehead atoms. The van der Waals surface area contributed by atoms with Gasteiger partial charge in [0.1, 0.15) is 0 Å². The van der Waals surface area contributed by atoms with Gasteiger partial charge in [0.25, 0.3) is 5.91 Å². The number of hydrogen-bond acceptors (Lipinski definition) is 4. The molecule has 0 radical (unpaired) electrons. The summed E-state index contributed by atoms with van der Waals surface area (Å²) < 4.78 is 5.34. The first-order valence-electron chi connectivity index (χ1n) is 6.37. The Bertz CT molecular complexity index is 433. The van der Waals surface area contributed by atoms with Crippen LogP contribution >= 0.6 is 0 Å².